The van der Waals surface area contributed by atoms with E-state index in [0.29, 0.717) is 47.7 Å². The number of piperidine rings is 1. The second kappa shape index (κ2) is 5.86. The first-order chi connectivity index (χ1) is 10.00. The van der Waals surface area contributed by atoms with Gasteiger partial charge in [-0.15, -0.1) is 11.3 Å². The highest BCUT2D eigenvalue weighted by Gasteiger charge is 2.35. The molecule has 0 atom stereocenters. The van der Waals surface area contributed by atoms with Gasteiger partial charge in [0, 0.05) is 36.7 Å². The van der Waals surface area contributed by atoms with Gasteiger partial charge in [-0.1, -0.05) is 0 Å². The van der Waals surface area contributed by atoms with E-state index in [1.54, 1.807) is 11.4 Å². The van der Waals surface area contributed by atoms with E-state index in [0.717, 1.165) is 0 Å². The Balaban J connectivity index is 1.68. The molecule has 21 heavy (non-hydrogen) atoms. The molecule has 0 spiro atoms. The van der Waals surface area contributed by atoms with Crippen LogP contribution in [0.4, 0.5) is 4.79 Å². The Morgan fingerprint density at radius 2 is 2.00 bits per heavy atom. The van der Waals surface area contributed by atoms with Crippen LogP contribution in [0, 0.1) is 0 Å². The highest BCUT2D eigenvalue weighted by molar-refractivity contribution is 9.10. The maximum Gasteiger partial charge on any atom is 0.317 e. The molecule has 3 rings (SSSR count). The van der Waals surface area contributed by atoms with Crippen molar-refractivity contribution >= 4 is 43.3 Å². The molecular formula is C12H16BrN3O3S2. The van der Waals surface area contributed by atoms with E-state index in [1.165, 1.54) is 15.6 Å². The third-order valence-corrected chi connectivity index (χ3v) is 8.46. The number of sulfonamides is 1. The first kappa shape index (κ1) is 15.3. The average molecular weight is 394 g/mol. The third kappa shape index (κ3) is 2.84. The van der Waals surface area contributed by atoms with Crippen molar-refractivity contribution in [3.8, 4) is 0 Å². The van der Waals surface area contributed by atoms with Crippen molar-refractivity contribution < 1.29 is 13.2 Å². The first-order valence-electron chi connectivity index (χ1n) is 6.78. The Labute approximate surface area is 136 Å². The zero-order chi connectivity index (χ0) is 15.0. The maximum atomic E-state index is 12.6. The molecule has 2 aliphatic heterocycles. The lowest BCUT2D eigenvalue weighted by Crippen LogP contribution is -2.47. The van der Waals surface area contributed by atoms with E-state index in [1.807, 2.05) is 4.90 Å². The largest absolute Gasteiger partial charge is 0.336 e. The van der Waals surface area contributed by atoms with E-state index in [-0.39, 0.29) is 12.1 Å². The van der Waals surface area contributed by atoms with Crippen molar-refractivity contribution in [3.63, 3.8) is 0 Å². The van der Waals surface area contributed by atoms with Crippen LogP contribution in [0.25, 0.3) is 0 Å². The van der Waals surface area contributed by atoms with Gasteiger partial charge in [-0.25, -0.2) is 13.2 Å². The molecular weight excluding hydrogens is 378 g/mol. The Hall–Kier alpha value is -0.640. The predicted molar refractivity (Wildman–Crippen MR) is 83.9 cm³/mol. The summed E-state index contributed by atoms with van der Waals surface area (Å²) in [5.74, 6) is 0. The predicted octanol–water partition coefficient (Wildman–Crippen LogP) is 1.69. The minimum absolute atomic E-state index is 0.0303. The zero-order valence-corrected chi connectivity index (χ0v) is 14.5. The van der Waals surface area contributed by atoms with Gasteiger partial charge in [-0.3, -0.25) is 0 Å². The number of carbonyl (C=O) groups is 1. The van der Waals surface area contributed by atoms with Gasteiger partial charge in [0.25, 0.3) is 10.0 Å². The molecule has 1 aromatic rings. The molecule has 6 nitrogen and oxygen atoms in total. The van der Waals surface area contributed by atoms with Crippen molar-refractivity contribution in [2.24, 2.45) is 0 Å². The first-order valence-corrected chi connectivity index (χ1v) is 9.89. The van der Waals surface area contributed by atoms with E-state index in [4.69, 9.17) is 0 Å². The molecule has 116 valence electrons. The fourth-order valence-electron chi connectivity index (χ4n) is 2.81. The lowest BCUT2D eigenvalue weighted by atomic mass is 10.1. The molecule has 2 saturated heterocycles. The fraction of sp³-hybridized carbons (Fsp3) is 0.583. The summed E-state index contributed by atoms with van der Waals surface area (Å²) >= 11 is 4.51. The van der Waals surface area contributed by atoms with Crippen molar-refractivity contribution in [3.05, 3.63) is 15.9 Å². The SMILES string of the molecule is O=C1NCCN1C1CCN(S(=O)(=O)c2sccc2Br)CC1. The van der Waals surface area contributed by atoms with E-state index in [9.17, 15) is 13.2 Å². The average Bonchev–Trinajstić information content (AvgIpc) is 3.08. The van der Waals surface area contributed by atoms with Gasteiger partial charge >= 0.3 is 6.03 Å². The summed E-state index contributed by atoms with van der Waals surface area (Å²) in [5, 5.41) is 4.55. The molecule has 1 N–H and O–H groups in total. The molecule has 3 heterocycles. The highest BCUT2D eigenvalue weighted by atomic mass is 79.9. The molecule has 2 aliphatic rings. The number of urea groups is 1. The van der Waals surface area contributed by atoms with Crippen LogP contribution in [-0.4, -0.2) is 55.9 Å². The van der Waals surface area contributed by atoms with Crippen LogP contribution in [0.1, 0.15) is 12.8 Å². The molecule has 0 bridgehead atoms. The van der Waals surface area contributed by atoms with Gasteiger partial charge < -0.3 is 10.2 Å². The quantitative estimate of drug-likeness (QED) is 0.849. The summed E-state index contributed by atoms with van der Waals surface area (Å²) in [7, 11) is -3.42. The number of nitrogens with zero attached hydrogens (tertiary/aromatic N) is 2. The van der Waals surface area contributed by atoms with Crippen LogP contribution < -0.4 is 5.32 Å². The number of halogens is 1. The number of nitrogens with one attached hydrogen (secondary N) is 1. The number of thiophene rings is 1. The minimum Gasteiger partial charge on any atom is -0.336 e. The second-order valence-electron chi connectivity index (χ2n) is 5.12. The van der Waals surface area contributed by atoms with Gasteiger partial charge in [0.1, 0.15) is 4.21 Å². The number of hydrogen-bond donors (Lipinski definition) is 1. The molecule has 2 fully saturated rings. The van der Waals surface area contributed by atoms with Crippen LogP contribution in [-0.2, 0) is 10.0 Å². The monoisotopic (exact) mass is 393 g/mol. The molecule has 0 aromatic carbocycles. The summed E-state index contributed by atoms with van der Waals surface area (Å²) in [6.07, 6.45) is 1.38. The number of carbonyl (C=O) groups excluding carboxylic acids is 1. The van der Waals surface area contributed by atoms with Crippen LogP contribution in [0.2, 0.25) is 0 Å². The van der Waals surface area contributed by atoms with Gasteiger partial charge in [0.05, 0.1) is 0 Å². The Morgan fingerprint density at radius 3 is 2.52 bits per heavy atom. The van der Waals surface area contributed by atoms with Gasteiger partial charge in [-0.05, 0) is 40.2 Å². The van der Waals surface area contributed by atoms with Crippen LogP contribution in [0.3, 0.4) is 0 Å². The van der Waals surface area contributed by atoms with E-state index in [2.05, 4.69) is 21.2 Å². The molecule has 2 amide bonds. The Morgan fingerprint density at radius 1 is 1.29 bits per heavy atom. The van der Waals surface area contributed by atoms with Crippen molar-refractivity contribution in [2.45, 2.75) is 23.1 Å². The molecule has 0 unspecified atom stereocenters. The molecule has 1 aromatic heterocycles. The Bertz CT molecular complexity index is 638. The van der Waals surface area contributed by atoms with Gasteiger partial charge in [0.2, 0.25) is 0 Å². The topological polar surface area (TPSA) is 69.7 Å². The minimum atomic E-state index is -3.42. The zero-order valence-electron chi connectivity index (χ0n) is 11.3. The standard InChI is InChI=1S/C12H16BrN3O3S2/c13-10-3-8-20-11(10)21(18,19)15-5-1-9(2-6-15)16-7-4-14-12(16)17/h3,8-9H,1-2,4-7H2,(H,14,17). The van der Waals surface area contributed by atoms with Crippen molar-refractivity contribution in [1.82, 2.24) is 14.5 Å². The molecule has 0 radical (unpaired) electrons. The molecule has 0 aliphatic carbocycles. The summed E-state index contributed by atoms with van der Waals surface area (Å²) in [6, 6.07) is 1.86. The molecule has 9 heteroatoms. The number of hydrogen-bond acceptors (Lipinski definition) is 4. The summed E-state index contributed by atoms with van der Waals surface area (Å²) in [4.78, 5) is 13.5. The van der Waals surface area contributed by atoms with Crippen molar-refractivity contribution in [1.29, 1.82) is 0 Å². The maximum absolute atomic E-state index is 12.6. The fourth-order valence-corrected chi connectivity index (χ4v) is 6.73. The van der Waals surface area contributed by atoms with E-state index < -0.39 is 10.0 Å². The summed E-state index contributed by atoms with van der Waals surface area (Å²) in [6.45, 7) is 2.31. The summed E-state index contributed by atoms with van der Waals surface area (Å²) in [5.41, 5.74) is 0. The van der Waals surface area contributed by atoms with E-state index >= 15 is 0 Å². The second-order valence-corrected chi connectivity index (χ2v) is 9.02. The van der Waals surface area contributed by atoms with Crippen LogP contribution in [0.15, 0.2) is 20.1 Å². The van der Waals surface area contributed by atoms with Crippen LogP contribution >= 0.6 is 27.3 Å². The van der Waals surface area contributed by atoms with Crippen LogP contribution in [0.5, 0.6) is 0 Å². The van der Waals surface area contributed by atoms with Gasteiger partial charge in [0.15, 0.2) is 0 Å². The van der Waals surface area contributed by atoms with Gasteiger partial charge in [-0.2, -0.15) is 4.31 Å². The highest BCUT2D eigenvalue weighted by Crippen LogP contribution is 2.32. The number of rotatable bonds is 3. The smallest absolute Gasteiger partial charge is 0.317 e. The normalized spacial score (nSPS) is 21.8. The summed E-state index contributed by atoms with van der Waals surface area (Å²) < 4.78 is 27.7. The molecule has 0 saturated carbocycles. The number of amides is 2. The lowest BCUT2D eigenvalue weighted by molar-refractivity contribution is 0.167. The van der Waals surface area contributed by atoms with Crippen molar-refractivity contribution in [2.75, 3.05) is 26.2 Å². The Kier molecular flexibility index (Phi) is 4.26. The lowest BCUT2D eigenvalue weighted by Gasteiger charge is -2.35. The third-order valence-electron chi connectivity index (χ3n) is 3.91.